The Bertz CT molecular complexity index is 1160. The summed E-state index contributed by atoms with van der Waals surface area (Å²) in [6, 6.07) is 16.5. The summed E-state index contributed by atoms with van der Waals surface area (Å²) in [7, 11) is -1.86. The summed E-state index contributed by atoms with van der Waals surface area (Å²) in [6.07, 6.45) is 15.7. The SMILES string of the molecule is C[Si]1(C)C(c2ccc(-c3cccnc3)nc2)=CC=C1c1ccc(-c2cccnc2)nc1. The Hall–Kier alpha value is -3.70. The summed E-state index contributed by atoms with van der Waals surface area (Å²) in [5, 5.41) is 2.79. The van der Waals surface area contributed by atoms with Crippen molar-refractivity contribution >= 4 is 18.5 Å². The van der Waals surface area contributed by atoms with Crippen molar-refractivity contribution in [1.29, 1.82) is 0 Å². The Morgan fingerprint density at radius 2 is 1.03 bits per heavy atom. The molecular weight excluding hydrogens is 396 g/mol. The molecule has 0 saturated carbocycles. The van der Waals surface area contributed by atoms with Crippen LogP contribution in [0.5, 0.6) is 0 Å². The van der Waals surface area contributed by atoms with Crippen LogP contribution in [-0.4, -0.2) is 28.0 Å². The van der Waals surface area contributed by atoms with E-state index in [2.05, 4.69) is 59.5 Å². The summed E-state index contributed by atoms with van der Waals surface area (Å²) in [5.74, 6) is 0. The van der Waals surface area contributed by atoms with E-state index in [-0.39, 0.29) is 0 Å². The third-order valence-corrected chi connectivity index (χ3v) is 9.43. The van der Waals surface area contributed by atoms with Crippen molar-refractivity contribution in [2.75, 3.05) is 0 Å². The van der Waals surface area contributed by atoms with Gasteiger partial charge in [0.2, 0.25) is 0 Å². The molecule has 5 rings (SSSR count). The maximum atomic E-state index is 4.70. The van der Waals surface area contributed by atoms with Crippen LogP contribution >= 0.6 is 0 Å². The highest BCUT2D eigenvalue weighted by molar-refractivity contribution is 7.09. The van der Waals surface area contributed by atoms with E-state index >= 15 is 0 Å². The van der Waals surface area contributed by atoms with Crippen molar-refractivity contribution in [2.24, 2.45) is 0 Å². The first kappa shape index (κ1) is 19.3. The lowest BCUT2D eigenvalue weighted by Gasteiger charge is -2.25. The largest absolute Gasteiger partial charge is 0.264 e. The van der Waals surface area contributed by atoms with Crippen LogP contribution in [0.3, 0.4) is 0 Å². The van der Waals surface area contributed by atoms with Crippen LogP contribution in [0.2, 0.25) is 13.1 Å². The number of aromatic nitrogens is 4. The topological polar surface area (TPSA) is 51.6 Å². The maximum absolute atomic E-state index is 4.70. The van der Waals surface area contributed by atoms with Gasteiger partial charge in [-0.25, -0.2) is 0 Å². The lowest BCUT2D eigenvalue weighted by molar-refractivity contribution is 1.27. The standard InChI is InChI=1S/C26H22N4Si/c1-31(2)25(21-7-9-23(29-17-21)19-5-3-13-27-15-19)11-12-26(31)22-8-10-24(30-18-22)20-6-4-14-28-16-20/h3-18H,1-2H3. The minimum Gasteiger partial charge on any atom is -0.264 e. The molecule has 0 aromatic carbocycles. The van der Waals surface area contributed by atoms with Crippen molar-refractivity contribution in [3.8, 4) is 22.5 Å². The van der Waals surface area contributed by atoms with Gasteiger partial charge in [-0.05, 0) is 57.9 Å². The van der Waals surface area contributed by atoms with E-state index in [1.54, 1.807) is 12.4 Å². The van der Waals surface area contributed by atoms with E-state index in [0.29, 0.717) is 0 Å². The molecule has 0 spiro atoms. The molecule has 0 atom stereocenters. The Labute approximate surface area is 183 Å². The van der Waals surface area contributed by atoms with Gasteiger partial charge in [-0.2, -0.15) is 0 Å². The Kier molecular flexibility index (Phi) is 4.88. The normalized spacial score (nSPS) is 14.8. The third-order valence-electron chi connectivity index (χ3n) is 5.83. The molecule has 5 heterocycles. The first-order valence-electron chi connectivity index (χ1n) is 10.3. The van der Waals surface area contributed by atoms with Crippen molar-refractivity contribution in [2.45, 2.75) is 13.1 Å². The fraction of sp³-hybridized carbons (Fsp3) is 0.0769. The van der Waals surface area contributed by atoms with E-state index in [4.69, 9.17) is 9.97 Å². The number of hydrogen-bond donors (Lipinski definition) is 0. The molecule has 150 valence electrons. The molecule has 31 heavy (non-hydrogen) atoms. The lowest BCUT2D eigenvalue weighted by atomic mass is 10.1. The van der Waals surface area contributed by atoms with Gasteiger partial charge in [-0.3, -0.25) is 19.9 Å². The van der Waals surface area contributed by atoms with Crippen LogP contribution in [0.4, 0.5) is 0 Å². The number of hydrogen-bond acceptors (Lipinski definition) is 4. The van der Waals surface area contributed by atoms with Crippen LogP contribution in [-0.2, 0) is 0 Å². The van der Waals surface area contributed by atoms with Gasteiger partial charge in [0.15, 0.2) is 0 Å². The lowest BCUT2D eigenvalue weighted by Crippen LogP contribution is -2.28. The molecule has 0 radical (unpaired) electrons. The molecule has 0 amide bonds. The minimum absolute atomic E-state index is 0.943. The summed E-state index contributed by atoms with van der Waals surface area (Å²) in [6.45, 7) is 4.78. The first-order chi connectivity index (χ1) is 15.1. The fourth-order valence-electron chi connectivity index (χ4n) is 4.12. The third kappa shape index (κ3) is 3.64. The molecular formula is C26H22N4Si. The molecule has 0 aliphatic carbocycles. The molecule has 4 nitrogen and oxygen atoms in total. The zero-order valence-electron chi connectivity index (χ0n) is 17.5. The Morgan fingerprint density at radius 3 is 1.39 bits per heavy atom. The summed E-state index contributed by atoms with van der Waals surface area (Å²) < 4.78 is 0. The van der Waals surface area contributed by atoms with E-state index in [1.165, 1.54) is 21.5 Å². The maximum Gasteiger partial charge on any atom is 0.113 e. The predicted octanol–water partition coefficient (Wildman–Crippen LogP) is 5.87. The van der Waals surface area contributed by atoms with Crippen molar-refractivity contribution in [1.82, 2.24) is 19.9 Å². The number of rotatable bonds is 4. The second-order valence-corrected chi connectivity index (χ2v) is 12.5. The number of pyridine rings is 4. The second kappa shape index (κ2) is 7.85. The molecule has 0 saturated heterocycles. The van der Waals surface area contributed by atoms with Crippen LogP contribution in [0, 0.1) is 0 Å². The second-order valence-electron chi connectivity index (χ2n) is 8.13. The van der Waals surface area contributed by atoms with Gasteiger partial charge in [0.25, 0.3) is 0 Å². The molecule has 1 aliphatic heterocycles. The van der Waals surface area contributed by atoms with Gasteiger partial charge in [-0.1, -0.05) is 37.4 Å². The van der Waals surface area contributed by atoms with Gasteiger partial charge in [0.05, 0.1) is 11.4 Å². The van der Waals surface area contributed by atoms with Gasteiger partial charge in [0.1, 0.15) is 8.07 Å². The van der Waals surface area contributed by atoms with Crippen LogP contribution in [0.25, 0.3) is 32.9 Å². The van der Waals surface area contributed by atoms with Crippen LogP contribution in [0.1, 0.15) is 11.1 Å². The van der Waals surface area contributed by atoms with E-state index < -0.39 is 8.07 Å². The molecule has 0 unspecified atom stereocenters. The molecule has 0 bridgehead atoms. The fourth-order valence-corrected chi connectivity index (χ4v) is 7.15. The quantitative estimate of drug-likeness (QED) is 0.389. The number of allylic oxidation sites excluding steroid dienone is 2. The average Bonchev–Trinajstić information content (AvgIpc) is 3.15. The van der Waals surface area contributed by atoms with E-state index in [9.17, 15) is 0 Å². The zero-order valence-corrected chi connectivity index (χ0v) is 18.5. The van der Waals surface area contributed by atoms with Crippen molar-refractivity contribution < 1.29 is 0 Å². The molecule has 4 aromatic heterocycles. The van der Waals surface area contributed by atoms with Gasteiger partial charge < -0.3 is 0 Å². The van der Waals surface area contributed by atoms with Crippen molar-refractivity contribution in [3.05, 3.63) is 109 Å². The minimum atomic E-state index is -1.86. The molecule has 5 heteroatoms. The zero-order chi connectivity index (χ0) is 21.3. The van der Waals surface area contributed by atoms with Crippen LogP contribution in [0.15, 0.2) is 97.9 Å². The monoisotopic (exact) mass is 418 g/mol. The highest BCUT2D eigenvalue weighted by atomic mass is 28.3. The first-order valence-corrected chi connectivity index (χ1v) is 13.3. The van der Waals surface area contributed by atoms with Crippen molar-refractivity contribution in [3.63, 3.8) is 0 Å². The Balaban J connectivity index is 1.39. The predicted molar refractivity (Wildman–Crippen MR) is 128 cm³/mol. The highest BCUT2D eigenvalue weighted by Gasteiger charge is 2.35. The van der Waals surface area contributed by atoms with Gasteiger partial charge in [-0.15, -0.1) is 0 Å². The smallest absolute Gasteiger partial charge is 0.113 e. The summed E-state index contributed by atoms with van der Waals surface area (Å²) in [5.41, 5.74) is 6.33. The highest BCUT2D eigenvalue weighted by Crippen LogP contribution is 2.41. The van der Waals surface area contributed by atoms with E-state index in [1.807, 2.05) is 49.1 Å². The van der Waals surface area contributed by atoms with Gasteiger partial charge in [0, 0.05) is 48.3 Å². The average molecular weight is 419 g/mol. The van der Waals surface area contributed by atoms with Crippen LogP contribution < -0.4 is 0 Å². The Morgan fingerprint density at radius 1 is 0.548 bits per heavy atom. The molecule has 0 N–H and O–H groups in total. The van der Waals surface area contributed by atoms with Gasteiger partial charge >= 0.3 is 0 Å². The molecule has 4 aromatic rings. The molecule has 1 aliphatic rings. The number of nitrogens with zero attached hydrogens (tertiary/aromatic N) is 4. The van der Waals surface area contributed by atoms with E-state index in [0.717, 1.165) is 22.5 Å². The summed E-state index contributed by atoms with van der Waals surface area (Å²) in [4.78, 5) is 17.8. The summed E-state index contributed by atoms with van der Waals surface area (Å²) >= 11 is 0. The molecule has 0 fully saturated rings.